The summed E-state index contributed by atoms with van der Waals surface area (Å²) in [6.07, 6.45) is 7.24. The molecule has 1 saturated carbocycles. The van der Waals surface area contributed by atoms with Crippen LogP contribution in [-0.2, 0) is 14.9 Å². The number of nitrogens with zero attached hydrogens (tertiary/aromatic N) is 4. The van der Waals surface area contributed by atoms with E-state index < -0.39 is 11.2 Å². The molecule has 9 nitrogen and oxygen atoms in total. The molecular weight excluding hydrogens is 475 g/mol. The Balaban J connectivity index is 1.55. The highest BCUT2D eigenvalue weighted by Crippen LogP contribution is 2.49. The van der Waals surface area contributed by atoms with Gasteiger partial charge < -0.3 is 20.5 Å². The van der Waals surface area contributed by atoms with Crippen LogP contribution < -0.4 is 15.8 Å². The van der Waals surface area contributed by atoms with E-state index in [1.54, 1.807) is 13.2 Å². The predicted molar refractivity (Wildman–Crippen MR) is 140 cm³/mol. The number of amidine groups is 1. The molecule has 37 heavy (non-hydrogen) atoms. The van der Waals surface area contributed by atoms with Crippen LogP contribution in [0.5, 0.6) is 5.88 Å². The number of ether oxygens (including phenoxy) is 2. The molecule has 3 N–H and O–H groups in total. The maximum atomic E-state index is 15.3. The molecule has 0 amide bonds. The van der Waals surface area contributed by atoms with Crippen molar-refractivity contribution in [3.8, 4) is 17.0 Å². The van der Waals surface area contributed by atoms with Gasteiger partial charge in [-0.25, -0.2) is 4.39 Å². The number of aliphatic imine (C=N–C) groups is 1. The lowest BCUT2D eigenvalue weighted by molar-refractivity contribution is -0.143. The molecule has 4 rings (SSSR count). The second-order valence-electron chi connectivity index (χ2n) is 8.89. The van der Waals surface area contributed by atoms with Gasteiger partial charge in [0.2, 0.25) is 5.88 Å². The Bertz CT molecular complexity index is 1350. The third-order valence-electron chi connectivity index (χ3n) is 6.05. The first kappa shape index (κ1) is 25.7. The molecule has 3 aromatic rings. The summed E-state index contributed by atoms with van der Waals surface area (Å²) in [5.41, 5.74) is 7.82. The number of halogens is 1. The first-order valence-corrected chi connectivity index (χ1v) is 11.8. The van der Waals surface area contributed by atoms with Gasteiger partial charge in [-0.3, -0.25) is 19.8 Å². The molecule has 1 aromatic carbocycles. The summed E-state index contributed by atoms with van der Waals surface area (Å²) in [6, 6.07) is 8.83. The Labute approximate surface area is 214 Å². The molecular formula is C27H29FN6O3. The fourth-order valence-corrected chi connectivity index (χ4v) is 4.05. The monoisotopic (exact) mass is 504 g/mol. The summed E-state index contributed by atoms with van der Waals surface area (Å²) < 4.78 is 25.8. The molecule has 192 valence electrons. The van der Waals surface area contributed by atoms with E-state index in [0.29, 0.717) is 17.3 Å². The topological polar surface area (TPSA) is 125 Å². The number of nitrogens with one attached hydrogen (secondary N) is 1. The summed E-state index contributed by atoms with van der Waals surface area (Å²) in [6.45, 7) is 3.77. The molecule has 0 atom stereocenters. The molecule has 0 spiro atoms. The van der Waals surface area contributed by atoms with Gasteiger partial charge in [-0.1, -0.05) is 24.3 Å². The third-order valence-corrected chi connectivity index (χ3v) is 6.05. The van der Waals surface area contributed by atoms with Crippen LogP contribution >= 0.6 is 0 Å². The molecule has 1 fully saturated rings. The zero-order chi connectivity index (χ0) is 26.6. The summed E-state index contributed by atoms with van der Waals surface area (Å²) in [4.78, 5) is 29.2. The summed E-state index contributed by atoms with van der Waals surface area (Å²) in [7, 11) is 2.94. The van der Waals surface area contributed by atoms with Gasteiger partial charge in [-0.2, -0.15) is 4.98 Å². The zero-order valence-electron chi connectivity index (χ0n) is 21.2. The zero-order valence-corrected chi connectivity index (χ0v) is 21.2. The van der Waals surface area contributed by atoms with E-state index in [0.717, 1.165) is 24.0 Å². The quantitative estimate of drug-likeness (QED) is 0.267. The first-order chi connectivity index (χ1) is 17.8. The van der Waals surface area contributed by atoms with Crippen molar-refractivity contribution in [3.05, 3.63) is 72.2 Å². The number of hydrogen-bond donors (Lipinski definition) is 2. The number of carbonyl (C=O) groups excluding carboxylic acids is 1. The third kappa shape index (κ3) is 5.42. The van der Waals surface area contributed by atoms with Crippen molar-refractivity contribution in [1.82, 2.24) is 15.0 Å². The minimum atomic E-state index is -0.572. The number of carbonyl (C=O) groups is 1. The molecule has 0 unspecified atom stereocenters. The molecule has 10 heteroatoms. The van der Waals surface area contributed by atoms with Gasteiger partial charge in [-0.05, 0) is 43.9 Å². The number of hydrogen-bond acceptors (Lipinski definition) is 8. The fraction of sp³-hybridized carbons (Fsp3) is 0.296. The highest BCUT2D eigenvalue weighted by atomic mass is 19.1. The van der Waals surface area contributed by atoms with Crippen molar-refractivity contribution in [2.45, 2.75) is 38.2 Å². The van der Waals surface area contributed by atoms with Crippen LogP contribution in [0.15, 0.2) is 60.1 Å². The number of methoxy groups -OCH3 is 1. The Morgan fingerprint density at radius 1 is 1.19 bits per heavy atom. The maximum absolute atomic E-state index is 15.3. The lowest BCUT2D eigenvalue weighted by Gasteiger charge is -2.15. The molecule has 1 aliphatic carbocycles. The highest BCUT2D eigenvalue weighted by molar-refractivity contribution is 6.27. The Morgan fingerprint density at radius 3 is 2.49 bits per heavy atom. The summed E-state index contributed by atoms with van der Waals surface area (Å²) >= 11 is 0. The average Bonchev–Trinajstić information content (AvgIpc) is 3.71. The number of esters is 1. The molecule has 0 saturated heterocycles. The Morgan fingerprint density at radius 2 is 1.92 bits per heavy atom. The molecule has 2 aromatic heterocycles. The number of anilines is 1. The largest absolute Gasteiger partial charge is 0.474 e. The Kier molecular flexibility index (Phi) is 7.47. The van der Waals surface area contributed by atoms with Crippen LogP contribution in [0, 0.1) is 5.82 Å². The Hall–Kier alpha value is -4.34. The van der Waals surface area contributed by atoms with E-state index in [9.17, 15) is 4.79 Å². The van der Waals surface area contributed by atoms with Crippen molar-refractivity contribution < 1.29 is 18.7 Å². The lowest BCUT2D eigenvalue weighted by atomic mass is 9.94. The minimum Gasteiger partial charge on any atom is -0.474 e. The highest BCUT2D eigenvalue weighted by Gasteiger charge is 2.52. The SMILES string of the molecule is CN=C(Nc1cncc(OC(C)C)n1)C(=CN)c1ncc(-c2ccc(C3(C(=O)OC)CC3)cc2)cc1F. The number of benzene rings is 1. The van der Waals surface area contributed by atoms with E-state index >= 15 is 4.39 Å². The lowest BCUT2D eigenvalue weighted by Crippen LogP contribution is -2.21. The van der Waals surface area contributed by atoms with Gasteiger partial charge in [0.1, 0.15) is 17.3 Å². The predicted octanol–water partition coefficient (Wildman–Crippen LogP) is 4.11. The van der Waals surface area contributed by atoms with Crippen LogP contribution in [0.4, 0.5) is 10.2 Å². The van der Waals surface area contributed by atoms with Crippen molar-refractivity contribution in [2.24, 2.45) is 10.7 Å². The maximum Gasteiger partial charge on any atom is 0.316 e. The van der Waals surface area contributed by atoms with Gasteiger partial charge >= 0.3 is 5.97 Å². The van der Waals surface area contributed by atoms with Crippen molar-refractivity contribution >= 4 is 23.2 Å². The number of nitrogens with two attached hydrogens (primary N) is 1. The van der Waals surface area contributed by atoms with Crippen LogP contribution in [-0.4, -0.2) is 47.0 Å². The van der Waals surface area contributed by atoms with E-state index in [1.165, 1.54) is 31.8 Å². The van der Waals surface area contributed by atoms with Gasteiger partial charge in [0.05, 0.1) is 36.6 Å². The fourth-order valence-electron chi connectivity index (χ4n) is 4.05. The molecule has 0 radical (unpaired) electrons. The van der Waals surface area contributed by atoms with Crippen molar-refractivity contribution in [3.63, 3.8) is 0 Å². The number of rotatable bonds is 8. The molecule has 0 aliphatic heterocycles. The smallest absolute Gasteiger partial charge is 0.316 e. The standard InChI is InChI=1S/C27H29FN6O3/c1-16(2)37-23-15-31-14-22(33-23)34-25(30-3)20(12-29)24-21(28)11-18(13-32-24)17-5-7-19(8-6-17)27(9-10-27)26(35)36-4/h5-8,11-16H,9-10,29H2,1-4H3,(H,30,33,34). The van der Waals surface area contributed by atoms with Crippen molar-refractivity contribution in [2.75, 3.05) is 19.5 Å². The van der Waals surface area contributed by atoms with E-state index in [-0.39, 0.29) is 29.2 Å². The van der Waals surface area contributed by atoms with Crippen LogP contribution in [0.2, 0.25) is 0 Å². The van der Waals surface area contributed by atoms with Crippen LogP contribution in [0.1, 0.15) is 37.9 Å². The number of aromatic nitrogens is 3. The van der Waals surface area contributed by atoms with E-state index in [4.69, 9.17) is 15.2 Å². The van der Waals surface area contributed by atoms with Crippen LogP contribution in [0.3, 0.4) is 0 Å². The first-order valence-electron chi connectivity index (χ1n) is 11.8. The molecule has 1 aliphatic rings. The number of pyridine rings is 1. The van der Waals surface area contributed by atoms with Crippen LogP contribution in [0.25, 0.3) is 16.7 Å². The summed E-state index contributed by atoms with van der Waals surface area (Å²) in [5.74, 6) is 0.158. The summed E-state index contributed by atoms with van der Waals surface area (Å²) in [5, 5.41) is 3.01. The molecule has 0 bridgehead atoms. The normalized spacial score (nSPS) is 14.9. The average molecular weight is 505 g/mol. The van der Waals surface area contributed by atoms with E-state index in [2.05, 4.69) is 25.3 Å². The molecule has 2 heterocycles. The van der Waals surface area contributed by atoms with Gasteiger partial charge in [0, 0.05) is 25.0 Å². The van der Waals surface area contributed by atoms with Crippen molar-refractivity contribution in [1.29, 1.82) is 0 Å². The second-order valence-corrected chi connectivity index (χ2v) is 8.89. The van der Waals surface area contributed by atoms with Gasteiger partial charge in [0.25, 0.3) is 0 Å². The minimum absolute atomic E-state index is 0.0288. The second kappa shape index (κ2) is 10.7. The van der Waals surface area contributed by atoms with E-state index in [1.807, 2.05) is 38.1 Å². The van der Waals surface area contributed by atoms with Gasteiger partial charge in [0.15, 0.2) is 5.82 Å². The van der Waals surface area contributed by atoms with Gasteiger partial charge in [-0.15, -0.1) is 0 Å².